The number of nitrogens with zero attached hydrogens (tertiary/aromatic N) is 2. The predicted molar refractivity (Wildman–Crippen MR) is 126 cm³/mol. The van der Waals surface area contributed by atoms with Crippen LogP contribution in [0.25, 0.3) is 22.2 Å². The highest BCUT2D eigenvalue weighted by Crippen LogP contribution is 2.27. The van der Waals surface area contributed by atoms with E-state index < -0.39 is 6.61 Å². The van der Waals surface area contributed by atoms with Crippen molar-refractivity contribution in [2.45, 2.75) is 39.2 Å². The Morgan fingerprint density at radius 2 is 1.65 bits per heavy atom. The van der Waals surface area contributed by atoms with Crippen LogP contribution in [0.5, 0.6) is 11.5 Å². The molecule has 0 aliphatic rings. The number of fused-ring (bicyclic) bond motifs is 1. The molecule has 176 valence electrons. The summed E-state index contributed by atoms with van der Waals surface area (Å²) in [4.78, 5) is 8.76. The molecule has 0 aliphatic carbocycles. The fraction of sp³-hybridized carbons (Fsp3) is 0.259. The first-order valence-electron chi connectivity index (χ1n) is 11.2. The van der Waals surface area contributed by atoms with Gasteiger partial charge in [-0.3, -0.25) is 0 Å². The lowest BCUT2D eigenvalue weighted by Crippen LogP contribution is -2.02. The van der Waals surface area contributed by atoms with E-state index in [2.05, 4.69) is 21.6 Å². The number of alkyl halides is 2. The normalized spacial score (nSPS) is 11.2. The van der Waals surface area contributed by atoms with Crippen LogP contribution >= 0.6 is 0 Å². The van der Waals surface area contributed by atoms with E-state index in [0.29, 0.717) is 42.0 Å². The smallest absolute Gasteiger partial charge is 0.387 e. The molecule has 1 aromatic heterocycles. The zero-order chi connectivity index (χ0) is 23.9. The van der Waals surface area contributed by atoms with Gasteiger partial charge in [-0.15, -0.1) is 0 Å². The average Bonchev–Trinajstić information content (AvgIpc) is 2.85. The Bertz CT molecular complexity index is 1230. The Morgan fingerprint density at radius 3 is 2.35 bits per heavy atom. The Hall–Kier alpha value is -3.61. The fourth-order valence-electron chi connectivity index (χ4n) is 3.66. The van der Waals surface area contributed by atoms with Crippen LogP contribution in [-0.4, -0.2) is 23.2 Å². The molecule has 0 spiro atoms. The molecular weight excluding hydrogens is 441 g/mol. The van der Waals surface area contributed by atoms with Crippen molar-refractivity contribution in [1.82, 2.24) is 9.97 Å². The molecule has 0 N–H and O–H groups in total. The van der Waals surface area contributed by atoms with Crippen LogP contribution in [0.4, 0.5) is 13.2 Å². The van der Waals surface area contributed by atoms with E-state index in [0.717, 1.165) is 29.4 Å². The van der Waals surface area contributed by atoms with E-state index in [-0.39, 0.29) is 11.6 Å². The largest absolute Gasteiger partial charge is 0.490 e. The maximum atomic E-state index is 15.2. The molecular formula is C27H25F3N2O2. The number of benzene rings is 3. The number of ether oxygens (including phenoxy) is 2. The van der Waals surface area contributed by atoms with Gasteiger partial charge in [-0.2, -0.15) is 8.78 Å². The van der Waals surface area contributed by atoms with Crippen LogP contribution in [0.2, 0.25) is 0 Å². The summed E-state index contributed by atoms with van der Waals surface area (Å²) in [7, 11) is 0. The van der Waals surface area contributed by atoms with Crippen molar-refractivity contribution in [2.24, 2.45) is 0 Å². The first kappa shape index (κ1) is 23.5. The van der Waals surface area contributed by atoms with E-state index >= 15 is 4.39 Å². The van der Waals surface area contributed by atoms with Crippen LogP contribution in [0, 0.1) is 5.82 Å². The van der Waals surface area contributed by atoms with E-state index in [4.69, 9.17) is 4.74 Å². The Labute approximate surface area is 196 Å². The average molecular weight is 467 g/mol. The molecule has 4 aromatic rings. The minimum absolute atomic E-state index is 0.106. The highest BCUT2D eigenvalue weighted by Gasteiger charge is 2.11. The van der Waals surface area contributed by atoms with Gasteiger partial charge in [0.05, 0.1) is 19.0 Å². The van der Waals surface area contributed by atoms with Crippen molar-refractivity contribution in [3.63, 3.8) is 0 Å². The molecule has 7 heteroatoms. The summed E-state index contributed by atoms with van der Waals surface area (Å²) in [5.41, 5.74) is 2.31. The second-order valence-electron chi connectivity index (χ2n) is 7.94. The third-order valence-electron chi connectivity index (χ3n) is 5.52. The SMILES string of the molecule is CCCCOc1cnc(-c2ccc3c(F)c(CCc4ccc(OC(F)F)cc4)ccc3c2)nc1. The van der Waals surface area contributed by atoms with Crippen LogP contribution in [-0.2, 0) is 12.8 Å². The fourth-order valence-corrected chi connectivity index (χ4v) is 3.66. The minimum Gasteiger partial charge on any atom is -0.490 e. The van der Waals surface area contributed by atoms with Crippen molar-refractivity contribution in [2.75, 3.05) is 6.61 Å². The van der Waals surface area contributed by atoms with Gasteiger partial charge in [-0.1, -0.05) is 49.7 Å². The minimum atomic E-state index is -2.85. The summed E-state index contributed by atoms with van der Waals surface area (Å²) < 4.78 is 49.7. The quantitative estimate of drug-likeness (QED) is 0.236. The summed E-state index contributed by atoms with van der Waals surface area (Å²) in [6.07, 6.45) is 6.40. The Morgan fingerprint density at radius 1 is 0.882 bits per heavy atom. The first-order chi connectivity index (χ1) is 16.5. The van der Waals surface area contributed by atoms with Crippen molar-refractivity contribution < 1.29 is 22.6 Å². The lowest BCUT2D eigenvalue weighted by molar-refractivity contribution is -0.0498. The van der Waals surface area contributed by atoms with Gasteiger partial charge in [-0.25, -0.2) is 14.4 Å². The molecule has 34 heavy (non-hydrogen) atoms. The molecule has 0 unspecified atom stereocenters. The molecule has 0 saturated heterocycles. The number of aromatic nitrogens is 2. The van der Waals surface area contributed by atoms with E-state index in [1.807, 2.05) is 18.2 Å². The Balaban J connectivity index is 1.45. The molecule has 0 bridgehead atoms. The van der Waals surface area contributed by atoms with Crippen LogP contribution in [0.15, 0.2) is 67.0 Å². The number of unbranched alkanes of at least 4 members (excludes halogenated alkanes) is 1. The molecule has 0 atom stereocenters. The predicted octanol–water partition coefficient (Wildman–Crippen LogP) is 7.00. The molecule has 0 aliphatic heterocycles. The van der Waals surface area contributed by atoms with Gasteiger partial charge in [0.1, 0.15) is 11.6 Å². The molecule has 3 aromatic carbocycles. The van der Waals surface area contributed by atoms with Crippen LogP contribution in [0.1, 0.15) is 30.9 Å². The van der Waals surface area contributed by atoms with Gasteiger partial charge < -0.3 is 9.47 Å². The summed E-state index contributed by atoms with van der Waals surface area (Å²) in [6, 6.07) is 15.5. The molecule has 1 heterocycles. The third kappa shape index (κ3) is 5.84. The van der Waals surface area contributed by atoms with Gasteiger partial charge in [0.25, 0.3) is 0 Å². The zero-order valence-corrected chi connectivity index (χ0v) is 18.8. The lowest BCUT2D eigenvalue weighted by Gasteiger charge is -2.10. The summed E-state index contributed by atoms with van der Waals surface area (Å²) in [5, 5.41) is 1.29. The van der Waals surface area contributed by atoms with Crippen molar-refractivity contribution in [3.05, 3.63) is 83.9 Å². The van der Waals surface area contributed by atoms with Gasteiger partial charge in [0.15, 0.2) is 11.6 Å². The highest BCUT2D eigenvalue weighted by atomic mass is 19.3. The maximum absolute atomic E-state index is 15.2. The second kappa shape index (κ2) is 11.0. The molecule has 0 radical (unpaired) electrons. The number of halogens is 3. The monoisotopic (exact) mass is 466 g/mol. The topological polar surface area (TPSA) is 44.2 Å². The molecule has 0 amide bonds. The number of hydrogen-bond donors (Lipinski definition) is 0. The number of hydrogen-bond acceptors (Lipinski definition) is 4. The summed E-state index contributed by atoms with van der Waals surface area (Å²) >= 11 is 0. The highest BCUT2D eigenvalue weighted by molar-refractivity contribution is 5.87. The first-order valence-corrected chi connectivity index (χ1v) is 11.2. The molecule has 0 saturated carbocycles. The van der Waals surface area contributed by atoms with Gasteiger partial charge in [0.2, 0.25) is 0 Å². The third-order valence-corrected chi connectivity index (χ3v) is 5.52. The van der Waals surface area contributed by atoms with Crippen molar-refractivity contribution in [3.8, 4) is 22.9 Å². The van der Waals surface area contributed by atoms with E-state index in [1.165, 1.54) is 12.1 Å². The second-order valence-corrected chi connectivity index (χ2v) is 7.94. The molecule has 4 rings (SSSR count). The van der Waals surface area contributed by atoms with Crippen LogP contribution < -0.4 is 9.47 Å². The summed E-state index contributed by atoms with van der Waals surface area (Å²) in [5.74, 6) is 1.02. The molecule has 4 nitrogen and oxygen atoms in total. The van der Waals surface area contributed by atoms with E-state index in [9.17, 15) is 8.78 Å². The summed E-state index contributed by atoms with van der Waals surface area (Å²) in [6.45, 7) is -0.118. The van der Waals surface area contributed by atoms with Crippen molar-refractivity contribution >= 4 is 10.8 Å². The van der Waals surface area contributed by atoms with Gasteiger partial charge in [-0.05, 0) is 54.0 Å². The lowest BCUT2D eigenvalue weighted by atomic mass is 9.99. The van der Waals surface area contributed by atoms with Crippen molar-refractivity contribution in [1.29, 1.82) is 0 Å². The Kier molecular flexibility index (Phi) is 7.62. The maximum Gasteiger partial charge on any atom is 0.387 e. The van der Waals surface area contributed by atoms with Gasteiger partial charge >= 0.3 is 6.61 Å². The zero-order valence-electron chi connectivity index (χ0n) is 18.8. The number of rotatable bonds is 10. The van der Waals surface area contributed by atoms with Gasteiger partial charge in [0, 0.05) is 10.9 Å². The standard InChI is InChI=1S/C27H25F3N2O2/c1-2-3-14-33-23-16-31-26(32-17-23)21-10-13-24-20(15-21)9-8-19(25(24)28)7-4-18-5-11-22(12-6-18)34-27(29)30/h5-6,8-13,15-17,27H,2-4,7,14H2,1H3. The number of aryl methyl sites for hydroxylation is 2. The molecule has 0 fully saturated rings. The van der Waals surface area contributed by atoms with E-state index in [1.54, 1.807) is 36.7 Å². The van der Waals surface area contributed by atoms with Crippen LogP contribution in [0.3, 0.4) is 0 Å².